The fourth-order valence-electron chi connectivity index (χ4n) is 9.57. The number of fused-ring (bicyclic) bond motifs is 3. The van der Waals surface area contributed by atoms with Crippen molar-refractivity contribution in [3.63, 3.8) is 0 Å². The van der Waals surface area contributed by atoms with Gasteiger partial charge in [-0.3, -0.25) is 23.6 Å². The standard InChI is InChI=1S/C25H25N5O2Si.C25H27N5Si.C20H16BrN5O2/c1-30-16-21(15-27-30)19-10-18(12-24(31)32)11-22(13-19)28-25-26-14-20-9-17(5-6-23(20)29-25)7-8-33(2,3)4;1-6-18-11-20(22-16-27-30(2)17-22)14-23(13-18)28-25-26-15-21-12-19(7-8-24(21)29-25)9-10-31(3,4)5;1-26-11-15(10-23-26)13-4-12(6-19(27)28)5-17(8-13)24-20-22-9-14-7-16(21)2-3-18(14)25-20/h5-6,9-11,13-16H,12H2,1-4H3,(H,31,32)(H,26,28,29);7-8,11-17H,6H2,1-5H3,(H,26,28,29);2-5,7-11H,6H2,1H3,(H,27,28)(H,22,24,25). The van der Waals surface area contributed by atoms with E-state index in [2.05, 4.69) is 165 Å². The smallest absolute Gasteiger partial charge is 0.307 e. The van der Waals surface area contributed by atoms with E-state index in [-0.39, 0.29) is 12.8 Å². The number of carbonyl (C=O) groups is 2. The number of nitrogens with zero attached hydrogens (tertiary/aromatic N) is 12. The van der Waals surface area contributed by atoms with Crippen LogP contribution in [0.15, 0.2) is 169 Å². The van der Waals surface area contributed by atoms with Crippen LogP contribution in [0.4, 0.5) is 34.9 Å². The van der Waals surface area contributed by atoms with Crippen LogP contribution < -0.4 is 16.0 Å². The van der Waals surface area contributed by atoms with Crippen LogP contribution in [-0.4, -0.2) is 97.5 Å². The largest absolute Gasteiger partial charge is 0.481 e. The molecule has 6 aromatic carbocycles. The lowest BCUT2D eigenvalue weighted by Gasteiger charge is -2.10. The van der Waals surface area contributed by atoms with E-state index in [1.54, 1.807) is 46.3 Å². The van der Waals surface area contributed by atoms with Gasteiger partial charge in [0.05, 0.1) is 48.0 Å². The first kappa shape index (κ1) is 64.3. The lowest BCUT2D eigenvalue weighted by molar-refractivity contribution is -0.137. The molecule has 0 bridgehead atoms. The van der Waals surface area contributed by atoms with Crippen LogP contribution in [0.5, 0.6) is 0 Å². The molecule has 0 aliphatic heterocycles. The average molecular weight is 1320 g/mol. The Balaban J connectivity index is 0.000000152. The quantitative estimate of drug-likeness (QED) is 0.0502. The number of rotatable bonds is 14. The number of benzene rings is 6. The lowest BCUT2D eigenvalue weighted by Crippen LogP contribution is -2.16. The summed E-state index contributed by atoms with van der Waals surface area (Å²) in [6.45, 7) is 15.5. The predicted octanol–water partition coefficient (Wildman–Crippen LogP) is 14.4. The minimum absolute atomic E-state index is 0.0740. The monoisotopic (exact) mass is 1320 g/mol. The molecular weight excluding hydrogens is 1250 g/mol. The van der Waals surface area contributed by atoms with E-state index in [4.69, 9.17) is 4.98 Å². The van der Waals surface area contributed by atoms with Crippen molar-refractivity contribution in [1.29, 1.82) is 0 Å². The Labute approximate surface area is 543 Å². The van der Waals surface area contributed by atoms with Gasteiger partial charge in [0, 0.05) is 124 Å². The van der Waals surface area contributed by atoms with Gasteiger partial charge in [-0.15, -0.1) is 11.1 Å². The van der Waals surface area contributed by atoms with Gasteiger partial charge in [-0.2, -0.15) is 15.3 Å². The molecule has 462 valence electrons. The van der Waals surface area contributed by atoms with Gasteiger partial charge in [0.25, 0.3) is 0 Å². The van der Waals surface area contributed by atoms with Crippen LogP contribution in [0.2, 0.25) is 39.3 Å². The maximum atomic E-state index is 11.3. The highest BCUT2D eigenvalue weighted by Gasteiger charge is 2.15. The summed E-state index contributed by atoms with van der Waals surface area (Å²) in [6.07, 6.45) is 17.3. The van der Waals surface area contributed by atoms with E-state index >= 15 is 0 Å². The van der Waals surface area contributed by atoms with Crippen molar-refractivity contribution in [2.75, 3.05) is 16.0 Å². The summed E-state index contributed by atoms with van der Waals surface area (Å²) < 4.78 is 6.19. The second-order valence-electron chi connectivity index (χ2n) is 24.2. The molecule has 12 aromatic rings. The average Bonchev–Trinajstić information content (AvgIpc) is 1.47. The highest BCUT2D eigenvalue weighted by molar-refractivity contribution is 9.10. The van der Waals surface area contributed by atoms with Crippen molar-refractivity contribution in [2.24, 2.45) is 21.1 Å². The summed E-state index contributed by atoms with van der Waals surface area (Å²) in [4.78, 5) is 49.7. The van der Waals surface area contributed by atoms with Gasteiger partial charge in [0.1, 0.15) is 16.1 Å². The first-order valence-electron chi connectivity index (χ1n) is 29.6. The highest BCUT2D eigenvalue weighted by atomic mass is 79.9. The third-order valence-electron chi connectivity index (χ3n) is 13.8. The van der Waals surface area contributed by atoms with E-state index in [1.165, 1.54) is 5.56 Å². The maximum Gasteiger partial charge on any atom is 0.307 e. The summed E-state index contributed by atoms with van der Waals surface area (Å²) in [5.74, 6) is 6.25. The van der Waals surface area contributed by atoms with Crippen LogP contribution >= 0.6 is 15.9 Å². The Morgan fingerprint density at radius 1 is 0.457 bits per heavy atom. The number of nitrogens with one attached hydrogen (secondary N) is 3. The van der Waals surface area contributed by atoms with Crippen molar-refractivity contribution in [1.82, 2.24) is 59.2 Å². The maximum absolute atomic E-state index is 11.3. The summed E-state index contributed by atoms with van der Waals surface area (Å²) in [5, 5.41) is 43.8. The Bertz CT molecular complexity index is 4870. The third-order valence-corrected chi connectivity index (χ3v) is 16.1. The molecule has 22 heteroatoms. The normalized spacial score (nSPS) is 11.1. The van der Waals surface area contributed by atoms with Gasteiger partial charge in [-0.25, -0.2) is 29.9 Å². The molecular formula is C70H68BrN15O4Si2. The molecule has 0 spiro atoms. The highest BCUT2D eigenvalue weighted by Crippen LogP contribution is 2.31. The van der Waals surface area contributed by atoms with E-state index in [9.17, 15) is 19.8 Å². The Morgan fingerprint density at radius 3 is 1.14 bits per heavy atom. The Morgan fingerprint density at radius 2 is 0.804 bits per heavy atom. The Hall–Kier alpha value is -10.7. The van der Waals surface area contributed by atoms with Crippen LogP contribution in [0.25, 0.3) is 66.1 Å². The molecule has 0 aliphatic rings. The SMILES string of the molecule is CCc1cc(Nc2ncc3cc(C#C[Si](C)(C)C)ccc3n2)cc(-c2cnn(C)c2)c1.Cn1cc(-c2cc(CC(=O)O)cc(Nc3ncc4cc(Br)ccc4n3)c2)cn1.Cn1cc(-c2cc(CC(=O)O)cc(Nc3ncc4cc(C#C[Si](C)(C)C)ccc4n3)c2)cn1. The number of aromatic nitrogens is 12. The second kappa shape index (κ2) is 28.0. The molecule has 0 amide bonds. The topological polar surface area (TPSA) is 241 Å². The van der Waals surface area contributed by atoms with Crippen molar-refractivity contribution in [2.45, 2.75) is 65.5 Å². The number of carboxylic acid groups (broad SMARTS) is 2. The van der Waals surface area contributed by atoms with Gasteiger partial charge >= 0.3 is 11.9 Å². The van der Waals surface area contributed by atoms with E-state index in [0.717, 1.165) is 93.8 Å². The van der Waals surface area contributed by atoms with Gasteiger partial charge in [0.2, 0.25) is 17.8 Å². The molecule has 6 heterocycles. The first-order valence-corrected chi connectivity index (χ1v) is 37.3. The molecule has 92 heavy (non-hydrogen) atoms. The number of halogens is 1. The molecule has 0 fully saturated rings. The van der Waals surface area contributed by atoms with Gasteiger partial charge < -0.3 is 26.2 Å². The number of hydrogen-bond donors (Lipinski definition) is 5. The molecule has 0 aliphatic carbocycles. The van der Waals surface area contributed by atoms with Gasteiger partial charge in [-0.1, -0.05) is 92.2 Å². The van der Waals surface area contributed by atoms with Crippen molar-refractivity contribution in [3.8, 4) is 56.3 Å². The Kier molecular flexibility index (Phi) is 19.6. The van der Waals surface area contributed by atoms with Gasteiger partial charge in [0.15, 0.2) is 0 Å². The van der Waals surface area contributed by atoms with Gasteiger partial charge in [-0.05, 0) is 131 Å². The number of hydrogen-bond acceptors (Lipinski definition) is 14. The molecule has 0 saturated carbocycles. The zero-order valence-corrected chi connectivity index (χ0v) is 56.3. The van der Waals surface area contributed by atoms with E-state index < -0.39 is 28.1 Å². The molecule has 19 nitrogen and oxygen atoms in total. The zero-order chi connectivity index (χ0) is 65.3. The van der Waals surface area contributed by atoms with Crippen LogP contribution in [0.1, 0.15) is 34.7 Å². The predicted molar refractivity (Wildman–Crippen MR) is 375 cm³/mol. The second-order valence-corrected chi connectivity index (χ2v) is 34.6. The molecule has 12 rings (SSSR count). The van der Waals surface area contributed by atoms with Crippen LogP contribution in [0, 0.1) is 22.9 Å². The third kappa shape index (κ3) is 18.0. The van der Waals surface area contributed by atoms with Crippen molar-refractivity contribution in [3.05, 3.63) is 197 Å². The summed E-state index contributed by atoms with van der Waals surface area (Å²) in [7, 11) is 2.76. The minimum Gasteiger partial charge on any atom is -0.481 e. The zero-order valence-electron chi connectivity index (χ0n) is 52.7. The number of aryl methyl sites for hydroxylation is 4. The van der Waals surface area contributed by atoms with Crippen LogP contribution in [-0.2, 0) is 50.0 Å². The number of aliphatic carboxylic acids is 2. The first-order chi connectivity index (χ1) is 43.9. The molecule has 5 N–H and O–H groups in total. The number of anilines is 6. The van der Waals surface area contributed by atoms with Crippen LogP contribution in [0.3, 0.4) is 0 Å². The fraction of sp³-hybridized carbons (Fsp3) is 0.186. The lowest BCUT2D eigenvalue weighted by atomic mass is 10.0. The minimum atomic E-state index is -1.45. The molecule has 0 atom stereocenters. The summed E-state index contributed by atoms with van der Waals surface area (Å²) >= 11 is 3.44. The number of carboxylic acids is 2. The summed E-state index contributed by atoms with van der Waals surface area (Å²) in [6, 6.07) is 35.4. The summed E-state index contributed by atoms with van der Waals surface area (Å²) in [5.41, 5.74) is 22.0. The molecule has 0 unspecified atom stereocenters. The molecule has 6 aromatic heterocycles. The molecule has 0 saturated heterocycles. The van der Waals surface area contributed by atoms with E-state index in [0.29, 0.717) is 40.3 Å². The van der Waals surface area contributed by atoms with Crippen molar-refractivity contribution < 1.29 is 19.8 Å². The van der Waals surface area contributed by atoms with E-state index in [1.807, 2.05) is 130 Å². The van der Waals surface area contributed by atoms with Crippen molar-refractivity contribution >= 4 is 112 Å². The fourth-order valence-corrected chi connectivity index (χ4v) is 11.0. The molecule has 0 radical (unpaired) electrons.